The van der Waals surface area contributed by atoms with Crippen molar-refractivity contribution < 1.29 is 15.0 Å². The van der Waals surface area contributed by atoms with Gasteiger partial charge in [0.05, 0.1) is 36.1 Å². The van der Waals surface area contributed by atoms with Crippen LogP contribution in [0.5, 0.6) is 0 Å². The van der Waals surface area contributed by atoms with E-state index in [1.54, 1.807) is 6.92 Å². The molecule has 2 N–H and O–H groups in total. The number of likely N-dealkylation sites (tertiary alicyclic amines) is 1. The van der Waals surface area contributed by atoms with Gasteiger partial charge in [0.1, 0.15) is 11.4 Å². The summed E-state index contributed by atoms with van der Waals surface area (Å²) < 4.78 is 5.95. The minimum atomic E-state index is -1.48. The highest BCUT2D eigenvalue weighted by Gasteiger charge is 2.42. The number of imidazole rings is 2. The largest absolute Gasteiger partial charge is 0.391 e. The number of rotatable bonds is 6. The van der Waals surface area contributed by atoms with Crippen molar-refractivity contribution in [1.82, 2.24) is 33.1 Å². The molecule has 0 unspecified atom stereocenters. The number of amides is 1. The number of aromatic nitrogens is 6. The van der Waals surface area contributed by atoms with E-state index in [1.807, 2.05) is 24.3 Å². The van der Waals surface area contributed by atoms with Gasteiger partial charge in [-0.05, 0) is 38.8 Å². The van der Waals surface area contributed by atoms with Crippen LogP contribution in [0.15, 0.2) is 40.2 Å². The van der Waals surface area contributed by atoms with Gasteiger partial charge in [0.2, 0.25) is 5.91 Å². The normalized spacial score (nSPS) is 22.1. The molecule has 3 aromatic heterocycles. The first kappa shape index (κ1) is 26.8. The monoisotopic (exact) mass is 537 g/mol. The quantitative estimate of drug-likeness (QED) is 0.369. The number of hydrogen-bond acceptors (Lipinski definition) is 7. The number of aliphatic hydroxyl groups excluding tert-OH is 1. The summed E-state index contributed by atoms with van der Waals surface area (Å²) in [5.41, 5.74) is -0.153. The molecule has 0 aliphatic carbocycles. The predicted octanol–water partition coefficient (Wildman–Crippen LogP) is 0.712. The Morgan fingerprint density at radius 3 is 2.67 bits per heavy atom. The molecule has 12 heteroatoms. The first-order chi connectivity index (χ1) is 18.5. The van der Waals surface area contributed by atoms with E-state index in [1.165, 1.54) is 34.5 Å². The van der Waals surface area contributed by atoms with E-state index in [-0.39, 0.29) is 43.0 Å². The van der Waals surface area contributed by atoms with E-state index in [4.69, 9.17) is 4.98 Å². The molecule has 1 aliphatic heterocycles. The number of nitrogens with zero attached hydrogens (tertiary/aromatic N) is 7. The van der Waals surface area contributed by atoms with Crippen LogP contribution in [0.2, 0.25) is 0 Å². The fourth-order valence-corrected chi connectivity index (χ4v) is 5.83. The van der Waals surface area contributed by atoms with Gasteiger partial charge in [-0.25, -0.2) is 14.8 Å². The molecule has 208 valence electrons. The standard InChI is InChI=1S/C27H35N7O5/c1-5-33-19-10-7-6-9-18(19)29-21(33)11-8-12-22(36)32-14-17(35)13-20(27(2,39)15-32)34-16-28-24-23(34)25(37)31(4)26(38)30(24)3/h6-7,9-10,16-17,20,35,39H,5,8,11-15H2,1-4H3/t17-,20-,27-/m1/s1. The Labute approximate surface area is 224 Å². The second kappa shape index (κ2) is 10.1. The maximum Gasteiger partial charge on any atom is 0.332 e. The molecule has 4 aromatic rings. The smallest absolute Gasteiger partial charge is 0.332 e. The molecule has 0 saturated carbocycles. The predicted molar refractivity (Wildman–Crippen MR) is 145 cm³/mol. The van der Waals surface area contributed by atoms with Gasteiger partial charge in [-0.15, -0.1) is 0 Å². The molecule has 12 nitrogen and oxygen atoms in total. The van der Waals surface area contributed by atoms with Gasteiger partial charge in [-0.1, -0.05) is 12.1 Å². The van der Waals surface area contributed by atoms with Crippen LogP contribution in [0.1, 0.15) is 45.0 Å². The Morgan fingerprint density at radius 2 is 1.92 bits per heavy atom. The summed E-state index contributed by atoms with van der Waals surface area (Å²) in [5.74, 6) is 0.764. The third-order valence-corrected chi connectivity index (χ3v) is 7.86. The lowest BCUT2D eigenvalue weighted by atomic mass is 9.92. The summed E-state index contributed by atoms with van der Waals surface area (Å²) in [5, 5.41) is 22.4. The van der Waals surface area contributed by atoms with Crippen molar-refractivity contribution in [1.29, 1.82) is 0 Å². The third-order valence-electron chi connectivity index (χ3n) is 7.86. The van der Waals surface area contributed by atoms with Gasteiger partial charge >= 0.3 is 5.69 Å². The van der Waals surface area contributed by atoms with Gasteiger partial charge in [0.25, 0.3) is 5.56 Å². The van der Waals surface area contributed by atoms with Gasteiger partial charge in [0.15, 0.2) is 11.2 Å². The van der Waals surface area contributed by atoms with Crippen molar-refractivity contribution in [2.24, 2.45) is 14.1 Å². The molecule has 1 aliphatic rings. The van der Waals surface area contributed by atoms with Gasteiger partial charge in [0, 0.05) is 40.0 Å². The Morgan fingerprint density at radius 1 is 1.18 bits per heavy atom. The number of aliphatic hydroxyl groups is 2. The fourth-order valence-electron chi connectivity index (χ4n) is 5.83. The van der Waals surface area contributed by atoms with Crippen LogP contribution in [-0.2, 0) is 31.9 Å². The van der Waals surface area contributed by atoms with E-state index >= 15 is 0 Å². The molecule has 1 saturated heterocycles. The van der Waals surface area contributed by atoms with E-state index in [9.17, 15) is 24.6 Å². The first-order valence-electron chi connectivity index (χ1n) is 13.3. The van der Waals surface area contributed by atoms with E-state index < -0.39 is 29.0 Å². The summed E-state index contributed by atoms with van der Waals surface area (Å²) in [6, 6.07) is 7.21. The maximum absolute atomic E-state index is 13.3. The molecule has 4 heterocycles. The van der Waals surface area contributed by atoms with Crippen molar-refractivity contribution >= 4 is 28.1 Å². The van der Waals surface area contributed by atoms with Crippen LogP contribution in [0.4, 0.5) is 0 Å². The van der Waals surface area contributed by atoms with Crippen molar-refractivity contribution in [2.45, 2.75) is 63.8 Å². The summed E-state index contributed by atoms with van der Waals surface area (Å²) in [6.45, 7) is 4.50. The Hall–Kier alpha value is -3.77. The zero-order valence-electron chi connectivity index (χ0n) is 22.7. The SMILES string of the molecule is CCn1c(CCCC(=O)N2C[C@H](O)C[C@@H](n3cnc4c3c(=O)n(C)c(=O)n4C)[C@](C)(O)C2)nc2ccccc21. The lowest BCUT2D eigenvalue weighted by molar-refractivity contribution is -0.135. The Kier molecular flexibility index (Phi) is 6.93. The van der Waals surface area contributed by atoms with Gasteiger partial charge in [-0.3, -0.25) is 18.7 Å². The lowest BCUT2D eigenvalue weighted by Crippen LogP contribution is -2.47. The second-order valence-corrected chi connectivity index (χ2v) is 10.7. The number of para-hydroxylation sites is 2. The zero-order valence-corrected chi connectivity index (χ0v) is 22.7. The highest BCUT2D eigenvalue weighted by Crippen LogP contribution is 2.33. The number of carbonyl (C=O) groups excluding carboxylic acids is 1. The molecule has 3 atom stereocenters. The third kappa shape index (κ3) is 4.67. The highest BCUT2D eigenvalue weighted by atomic mass is 16.3. The lowest BCUT2D eigenvalue weighted by Gasteiger charge is -2.34. The van der Waals surface area contributed by atoms with Crippen LogP contribution >= 0.6 is 0 Å². The van der Waals surface area contributed by atoms with Crippen LogP contribution in [0.25, 0.3) is 22.2 Å². The minimum Gasteiger partial charge on any atom is -0.391 e. The van der Waals surface area contributed by atoms with Crippen LogP contribution in [0, 0.1) is 0 Å². The Bertz CT molecular complexity index is 1660. The summed E-state index contributed by atoms with van der Waals surface area (Å²) in [6.07, 6.45) is 2.05. The van der Waals surface area contributed by atoms with Crippen LogP contribution in [0.3, 0.4) is 0 Å². The van der Waals surface area contributed by atoms with Crippen LogP contribution in [-0.4, -0.2) is 74.1 Å². The molecular weight excluding hydrogens is 502 g/mol. The minimum absolute atomic E-state index is 0.0210. The van der Waals surface area contributed by atoms with E-state index in [0.717, 1.165) is 28.0 Å². The average Bonchev–Trinajstić information content (AvgIpc) is 3.46. The molecule has 1 amide bonds. The average molecular weight is 538 g/mol. The number of aryl methyl sites for hydroxylation is 3. The summed E-state index contributed by atoms with van der Waals surface area (Å²) in [4.78, 5) is 49.1. The first-order valence-corrected chi connectivity index (χ1v) is 13.3. The molecule has 1 aromatic carbocycles. The number of hydrogen-bond donors (Lipinski definition) is 2. The zero-order chi connectivity index (χ0) is 28.1. The number of benzene rings is 1. The summed E-state index contributed by atoms with van der Waals surface area (Å²) in [7, 11) is 2.91. The number of fused-ring (bicyclic) bond motifs is 2. The maximum atomic E-state index is 13.3. The molecule has 0 spiro atoms. The number of carbonyl (C=O) groups is 1. The molecule has 5 rings (SSSR count). The van der Waals surface area contributed by atoms with Crippen molar-refractivity contribution in [3.05, 3.63) is 57.3 Å². The molecule has 1 fully saturated rings. The molecule has 0 radical (unpaired) electrons. The Balaban J connectivity index is 1.34. The van der Waals surface area contributed by atoms with E-state index in [0.29, 0.717) is 12.8 Å². The summed E-state index contributed by atoms with van der Waals surface area (Å²) >= 11 is 0. The van der Waals surface area contributed by atoms with Crippen molar-refractivity contribution in [3.63, 3.8) is 0 Å². The van der Waals surface area contributed by atoms with Gasteiger partial charge in [-0.2, -0.15) is 0 Å². The van der Waals surface area contributed by atoms with E-state index in [2.05, 4.69) is 16.5 Å². The molecular formula is C27H35N7O5. The highest BCUT2D eigenvalue weighted by molar-refractivity contribution is 5.77. The topological polar surface area (TPSA) is 140 Å². The van der Waals surface area contributed by atoms with Gasteiger partial charge < -0.3 is 24.2 Å². The number of β-amino-alcohol motifs (C(OH)–C–C–N with tert-alkyl or cyclic N) is 2. The molecule has 39 heavy (non-hydrogen) atoms. The van der Waals surface area contributed by atoms with Crippen molar-refractivity contribution in [2.75, 3.05) is 13.1 Å². The second-order valence-electron chi connectivity index (χ2n) is 10.7. The fraction of sp³-hybridized carbons (Fsp3) is 0.519. The van der Waals surface area contributed by atoms with Crippen LogP contribution < -0.4 is 11.2 Å². The van der Waals surface area contributed by atoms with Crippen molar-refractivity contribution in [3.8, 4) is 0 Å². The molecule has 0 bridgehead atoms.